The Kier molecular flexibility index (Phi) is 3.37. The van der Waals surface area contributed by atoms with Crippen molar-refractivity contribution in [2.24, 2.45) is 4.99 Å². The van der Waals surface area contributed by atoms with Crippen molar-refractivity contribution in [1.82, 2.24) is 16.0 Å². The molecule has 5 nitrogen and oxygen atoms in total. The number of carbonyl (C=O) groups is 1. The second kappa shape index (κ2) is 4.58. The molecule has 0 aromatic rings. The SMILES string of the molecule is CNC(=O)CCNC1=NCCN1. The summed E-state index contributed by atoms with van der Waals surface area (Å²) in [5, 5.41) is 8.63. The van der Waals surface area contributed by atoms with E-state index >= 15 is 0 Å². The van der Waals surface area contributed by atoms with Gasteiger partial charge < -0.3 is 16.0 Å². The Labute approximate surface area is 71.6 Å². The summed E-state index contributed by atoms with van der Waals surface area (Å²) in [7, 11) is 1.63. The summed E-state index contributed by atoms with van der Waals surface area (Å²) in [6.45, 7) is 2.34. The van der Waals surface area contributed by atoms with Crippen molar-refractivity contribution in [2.45, 2.75) is 6.42 Å². The number of aliphatic imine (C=N–C) groups is 1. The Morgan fingerprint density at radius 3 is 3.17 bits per heavy atom. The Hall–Kier alpha value is -1.26. The summed E-state index contributed by atoms with van der Waals surface area (Å²) in [5.74, 6) is 0.847. The fourth-order valence-corrected chi connectivity index (χ4v) is 0.936. The normalized spacial score (nSPS) is 14.9. The largest absolute Gasteiger partial charge is 0.359 e. The third-order valence-corrected chi connectivity index (χ3v) is 1.60. The Morgan fingerprint density at radius 1 is 1.75 bits per heavy atom. The van der Waals surface area contributed by atoms with Crippen molar-refractivity contribution < 1.29 is 4.79 Å². The molecule has 3 N–H and O–H groups in total. The molecule has 0 saturated heterocycles. The van der Waals surface area contributed by atoms with Gasteiger partial charge in [-0.3, -0.25) is 9.79 Å². The maximum Gasteiger partial charge on any atom is 0.221 e. The van der Waals surface area contributed by atoms with Crippen molar-refractivity contribution in [3.8, 4) is 0 Å². The van der Waals surface area contributed by atoms with Gasteiger partial charge in [-0.25, -0.2) is 0 Å². The van der Waals surface area contributed by atoms with E-state index < -0.39 is 0 Å². The van der Waals surface area contributed by atoms with Gasteiger partial charge in [-0.1, -0.05) is 0 Å². The molecule has 1 heterocycles. The highest BCUT2D eigenvalue weighted by Crippen LogP contribution is 1.82. The second-order valence-electron chi connectivity index (χ2n) is 2.51. The summed E-state index contributed by atoms with van der Waals surface area (Å²) in [4.78, 5) is 14.9. The molecular formula is C7H14N4O. The van der Waals surface area contributed by atoms with Gasteiger partial charge in [0, 0.05) is 26.6 Å². The Morgan fingerprint density at radius 2 is 2.58 bits per heavy atom. The lowest BCUT2D eigenvalue weighted by molar-refractivity contribution is -0.120. The monoisotopic (exact) mass is 170 g/mol. The highest BCUT2D eigenvalue weighted by molar-refractivity contribution is 5.82. The number of guanidine groups is 1. The van der Waals surface area contributed by atoms with Crippen molar-refractivity contribution in [3.05, 3.63) is 0 Å². The molecule has 1 aliphatic heterocycles. The number of carbonyl (C=O) groups excluding carboxylic acids is 1. The molecule has 0 unspecified atom stereocenters. The van der Waals surface area contributed by atoms with E-state index in [1.54, 1.807) is 7.05 Å². The number of rotatable bonds is 3. The lowest BCUT2D eigenvalue weighted by Crippen LogP contribution is -2.36. The Bertz CT molecular complexity index is 190. The molecule has 0 atom stereocenters. The van der Waals surface area contributed by atoms with E-state index in [0.29, 0.717) is 13.0 Å². The quantitative estimate of drug-likeness (QED) is 0.492. The predicted octanol–water partition coefficient (Wildman–Crippen LogP) is -1.33. The first-order valence-electron chi connectivity index (χ1n) is 4.05. The zero-order valence-electron chi connectivity index (χ0n) is 7.18. The van der Waals surface area contributed by atoms with Gasteiger partial charge in [0.2, 0.25) is 5.91 Å². The van der Waals surface area contributed by atoms with Gasteiger partial charge in [-0.05, 0) is 0 Å². The fourth-order valence-electron chi connectivity index (χ4n) is 0.936. The lowest BCUT2D eigenvalue weighted by Gasteiger charge is -2.04. The van der Waals surface area contributed by atoms with Gasteiger partial charge >= 0.3 is 0 Å². The second-order valence-corrected chi connectivity index (χ2v) is 2.51. The average Bonchev–Trinajstić information content (AvgIpc) is 2.57. The molecule has 68 valence electrons. The first-order valence-corrected chi connectivity index (χ1v) is 4.05. The van der Waals surface area contributed by atoms with E-state index in [2.05, 4.69) is 20.9 Å². The van der Waals surface area contributed by atoms with Gasteiger partial charge in [-0.2, -0.15) is 0 Å². The van der Waals surface area contributed by atoms with Crippen LogP contribution in [0.3, 0.4) is 0 Å². The molecular weight excluding hydrogens is 156 g/mol. The molecule has 1 rings (SSSR count). The van der Waals surface area contributed by atoms with Crippen LogP contribution in [0.15, 0.2) is 4.99 Å². The van der Waals surface area contributed by atoms with Crippen LogP contribution in [-0.2, 0) is 4.79 Å². The van der Waals surface area contributed by atoms with Crippen LogP contribution in [0, 0.1) is 0 Å². The van der Waals surface area contributed by atoms with Gasteiger partial charge in [-0.15, -0.1) is 0 Å². The standard InChI is InChI=1S/C7H14N4O/c1-8-6(12)2-3-9-7-10-4-5-11-7/h2-5H2,1H3,(H,8,12)(H2,9,10,11). The van der Waals surface area contributed by atoms with E-state index in [1.165, 1.54) is 0 Å². The third-order valence-electron chi connectivity index (χ3n) is 1.60. The number of hydrogen-bond donors (Lipinski definition) is 3. The minimum Gasteiger partial charge on any atom is -0.359 e. The minimum atomic E-state index is 0.0427. The number of nitrogens with one attached hydrogen (secondary N) is 3. The summed E-state index contributed by atoms with van der Waals surface area (Å²) < 4.78 is 0. The van der Waals surface area contributed by atoms with Gasteiger partial charge in [0.15, 0.2) is 5.96 Å². The summed E-state index contributed by atoms with van der Waals surface area (Å²) in [6.07, 6.45) is 0.483. The molecule has 0 fully saturated rings. The molecule has 0 bridgehead atoms. The first kappa shape index (κ1) is 8.83. The van der Waals surface area contributed by atoms with E-state index in [0.717, 1.165) is 19.0 Å². The average molecular weight is 170 g/mol. The van der Waals surface area contributed by atoms with Crippen molar-refractivity contribution in [1.29, 1.82) is 0 Å². The Balaban J connectivity index is 2.05. The number of amides is 1. The molecule has 1 aliphatic rings. The summed E-state index contributed by atoms with van der Waals surface area (Å²) in [6, 6.07) is 0. The van der Waals surface area contributed by atoms with Crippen LogP contribution in [0.25, 0.3) is 0 Å². The molecule has 12 heavy (non-hydrogen) atoms. The van der Waals surface area contributed by atoms with Crippen molar-refractivity contribution >= 4 is 11.9 Å². The van der Waals surface area contributed by atoms with Crippen LogP contribution in [0.1, 0.15) is 6.42 Å². The highest BCUT2D eigenvalue weighted by atomic mass is 16.1. The first-order chi connectivity index (χ1) is 5.83. The van der Waals surface area contributed by atoms with Gasteiger partial charge in [0.1, 0.15) is 0 Å². The number of hydrogen-bond acceptors (Lipinski definition) is 4. The van der Waals surface area contributed by atoms with Gasteiger partial charge in [0.25, 0.3) is 0 Å². The molecule has 1 amide bonds. The topological polar surface area (TPSA) is 65.5 Å². The van der Waals surface area contributed by atoms with Crippen LogP contribution < -0.4 is 16.0 Å². The van der Waals surface area contributed by atoms with Crippen LogP contribution in [0.4, 0.5) is 0 Å². The molecule has 0 radical (unpaired) electrons. The predicted molar refractivity (Wildman–Crippen MR) is 47.0 cm³/mol. The molecule has 0 aliphatic carbocycles. The van der Waals surface area contributed by atoms with Crippen LogP contribution >= 0.6 is 0 Å². The van der Waals surface area contributed by atoms with Gasteiger partial charge in [0.05, 0.1) is 6.54 Å². The van der Waals surface area contributed by atoms with Crippen LogP contribution in [0.2, 0.25) is 0 Å². The van der Waals surface area contributed by atoms with Crippen LogP contribution in [0.5, 0.6) is 0 Å². The molecule has 0 saturated carbocycles. The zero-order chi connectivity index (χ0) is 8.81. The molecule has 0 spiro atoms. The smallest absolute Gasteiger partial charge is 0.221 e. The molecule has 0 aromatic carbocycles. The zero-order valence-corrected chi connectivity index (χ0v) is 7.18. The van der Waals surface area contributed by atoms with E-state index in [-0.39, 0.29) is 5.91 Å². The lowest BCUT2D eigenvalue weighted by atomic mass is 10.4. The van der Waals surface area contributed by atoms with E-state index in [1.807, 2.05) is 0 Å². The van der Waals surface area contributed by atoms with Crippen molar-refractivity contribution in [3.63, 3.8) is 0 Å². The van der Waals surface area contributed by atoms with E-state index in [9.17, 15) is 4.79 Å². The van der Waals surface area contributed by atoms with E-state index in [4.69, 9.17) is 0 Å². The minimum absolute atomic E-state index is 0.0427. The molecule has 0 aromatic heterocycles. The summed E-state index contributed by atoms with van der Waals surface area (Å²) >= 11 is 0. The molecule has 5 heteroatoms. The third kappa shape index (κ3) is 2.77. The maximum atomic E-state index is 10.8. The highest BCUT2D eigenvalue weighted by Gasteiger charge is 2.03. The number of nitrogens with zero attached hydrogens (tertiary/aromatic N) is 1. The van der Waals surface area contributed by atoms with Crippen LogP contribution in [-0.4, -0.2) is 38.5 Å². The van der Waals surface area contributed by atoms with Crippen molar-refractivity contribution in [2.75, 3.05) is 26.7 Å². The maximum absolute atomic E-state index is 10.8. The summed E-state index contributed by atoms with van der Waals surface area (Å²) in [5.41, 5.74) is 0. The fraction of sp³-hybridized carbons (Fsp3) is 0.714.